The van der Waals surface area contributed by atoms with Crippen molar-refractivity contribution in [2.75, 3.05) is 38.8 Å². The average Bonchev–Trinajstić information content (AvgIpc) is 2.87. The van der Waals surface area contributed by atoms with Crippen LogP contribution >= 0.6 is 0 Å². The van der Waals surface area contributed by atoms with E-state index in [0.29, 0.717) is 42.1 Å². The molecule has 0 aromatic heterocycles. The second-order valence-corrected chi connectivity index (χ2v) is 10.3. The number of nitrogens with zero attached hydrogens (tertiary/aromatic N) is 2. The number of carbonyl (C=O) groups excluding carboxylic acids is 2. The number of sulfonamides is 1. The van der Waals surface area contributed by atoms with Gasteiger partial charge in [-0.2, -0.15) is 4.31 Å². The second-order valence-electron chi connectivity index (χ2n) is 8.38. The molecule has 0 bridgehead atoms. The van der Waals surface area contributed by atoms with E-state index in [-0.39, 0.29) is 23.9 Å². The summed E-state index contributed by atoms with van der Waals surface area (Å²) in [4.78, 5) is 27.4. The normalized spacial score (nSPS) is 20.7. The van der Waals surface area contributed by atoms with Gasteiger partial charge in [0.1, 0.15) is 11.5 Å². The predicted octanol–water partition coefficient (Wildman–Crippen LogP) is 2.37. The number of ether oxygens (including phenoxy) is 3. The maximum atomic E-state index is 13.6. The van der Waals surface area contributed by atoms with Crippen molar-refractivity contribution in [2.24, 2.45) is 5.92 Å². The van der Waals surface area contributed by atoms with Gasteiger partial charge >= 0.3 is 5.97 Å². The SMILES string of the molecule is COC(=O)C1CN(C(=O)C2CCCN(S(=O)(=O)c3ccc(OC)c(C)c3)C2)c2ccccc2O1. The number of para-hydroxylation sites is 2. The Balaban J connectivity index is 1.57. The third-order valence-corrected chi connectivity index (χ3v) is 8.10. The highest BCUT2D eigenvalue weighted by atomic mass is 32.2. The van der Waals surface area contributed by atoms with Crippen molar-refractivity contribution in [2.45, 2.75) is 30.8 Å². The first kappa shape index (κ1) is 24.0. The van der Waals surface area contributed by atoms with Gasteiger partial charge in [-0.25, -0.2) is 13.2 Å². The monoisotopic (exact) mass is 488 g/mol. The lowest BCUT2D eigenvalue weighted by Gasteiger charge is -2.38. The van der Waals surface area contributed by atoms with Crippen LogP contribution in [0.4, 0.5) is 5.69 Å². The van der Waals surface area contributed by atoms with Gasteiger partial charge in [-0.15, -0.1) is 0 Å². The number of hydrogen-bond donors (Lipinski definition) is 0. The molecule has 4 rings (SSSR count). The Labute approximate surface area is 199 Å². The van der Waals surface area contributed by atoms with Crippen molar-refractivity contribution in [3.8, 4) is 11.5 Å². The zero-order valence-corrected chi connectivity index (χ0v) is 20.2. The second kappa shape index (κ2) is 9.63. The van der Waals surface area contributed by atoms with E-state index in [1.807, 2.05) is 0 Å². The van der Waals surface area contributed by atoms with Gasteiger partial charge in [0, 0.05) is 13.1 Å². The Morgan fingerprint density at radius 1 is 1.09 bits per heavy atom. The Morgan fingerprint density at radius 3 is 2.56 bits per heavy atom. The van der Waals surface area contributed by atoms with E-state index in [1.165, 1.54) is 29.5 Å². The summed E-state index contributed by atoms with van der Waals surface area (Å²) in [5.41, 5.74) is 1.27. The number of fused-ring (bicyclic) bond motifs is 1. The smallest absolute Gasteiger partial charge is 0.348 e. The molecular weight excluding hydrogens is 460 g/mol. The largest absolute Gasteiger partial charge is 0.496 e. The van der Waals surface area contributed by atoms with Crippen LogP contribution < -0.4 is 14.4 Å². The molecule has 0 aliphatic carbocycles. The van der Waals surface area contributed by atoms with Gasteiger partial charge in [-0.05, 0) is 55.7 Å². The average molecular weight is 489 g/mol. The van der Waals surface area contributed by atoms with Gasteiger partial charge in [0.15, 0.2) is 0 Å². The number of benzene rings is 2. The molecule has 2 heterocycles. The number of rotatable bonds is 5. The van der Waals surface area contributed by atoms with Gasteiger partial charge in [0.25, 0.3) is 0 Å². The van der Waals surface area contributed by atoms with Crippen LogP contribution in [0.25, 0.3) is 0 Å². The van der Waals surface area contributed by atoms with Gasteiger partial charge < -0.3 is 19.1 Å². The Hall–Kier alpha value is -3.11. The van der Waals surface area contributed by atoms with E-state index in [2.05, 4.69) is 0 Å². The first-order chi connectivity index (χ1) is 16.3. The number of esters is 1. The third-order valence-electron chi connectivity index (χ3n) is 6.24. The molecule has 2 atom stereocenters. The lowest BCUT2D eigenvalue weighted by molar-refractivity contribution is -0.148. The van der Waals surface area contributed by atoms with Crippen molar-refractivity contribution < 1.29 is 32.2 Å². The maximum absolute atomic E-state index is 13.6. The lowest BCUT2D eigenvalue weighted by Crippen LogP contribution is -2.52. The molecule has 34 heavy (non-hydrogen) atoms. The number of carbonyl (C=O) groups is 2. The van der Waals surface area contributed by atoms with E-state index >= 15 is 0 Å². The Bertz CT molecular complexity index is 1200. The van der Waals surface area contributed by atoms with Gasteiger partial charge in [-0.3, -0.25) is 4.79 Å². The Kier molecular flexibility index (Phi) is 6.81. The van der Waals surface area contributed by atoms with E-state index in [4.69, 9.17) is 14.2 Å². The summed E-state index contributed by atoms with van der Waals surface area (Å²) in [6, 6.07) is 11.7. The highest BCUT2D eigenvalue weighted by molar-refractivity contribution is 7.89. The quantitative estimate of drug-likeness (QED) is 0.596. The summed E-state index contributed by atoms with van der Waals surface area (Å²) in [7, 11) is -0.987. The molecule has 182 valence electrons. The first-order valence-electron chi connectivity index (χ1n) is 11.1. The Morgan fingerprint density at radius 2 is 1.85 bits per heavy atom. The molecule has 0 radical (unpaired) electrons. The van der Waals surface area contributed by atoms with Crippen LogP contribution in [0.3, 0.4) is 0 Å². The molecule has 1 amide bonds. The summed E-state index contributed by atoms with van der Waals surface area (Å²) >= 11 is 0. The van der Waals surface area contributed by atoms with Crippen LogP contribution in [-0.2, 0) is 24.3 Å². The van der Waals surface area contributed by atoms with Gasteiger partial charge in [-0.1, -0.05) is 12.1 Å². The number of methoxy groups -OCH3 is 2. The molecule has 0 N–H and O–H groups in total. The number of hydrogen-bond acceptors (Lipinski definition) is 7. The molecule has 1 saturated heterocycles. The minimum atomic E-state index is -3.79. The van der Waals surface area contributed by atoms with Crippen LogP contribution in [0.1, 0.15) is 18.4 Å². The fourth-order valence-electron chi connectivity index (χ4n) is 4.44. The zero-order chi connectivity index (χ0) is 24.5. The van der Waals surface area contributed by atoms with Crippen LogP contribution in [0.5, 0.6) is 11.5 Å². The molecule has 0 saturated carbocycles. The van der Waals surface area contributed by atoms with E-state index in [0.717, 1.165) is 0 Å². The van der Waals surface area contributed by atoms with Crippen molar-refractivity contribution in [1.29, 1.82) is 0 Å². The first-order valence-corrected chi connectivity index (χ1v) is 12.5. The van der Waals surface area contributed by atoms with E-state index in [1.54, 1.807) is 43.3 Å². The highest BCUT2D eigenvalue weighted by Gasteiger charge is 2.40. The predicted molar refractivity (Wildman–Crippen MR) is 124 cm³/mol. The van der Waals surface area contributed by atoms with Crippen LogP contribution in [0.15, 0.2) is 47.4 Å². The van der Waals surface area contributed by atoms with Crippen molar-refractivity contribution in [3.63, 3.8) is 0 Å². The van der Waals surface area contributed by atoms with Crippen LogP contribution in [0, 0.1) is 12.8 Å². The summed E-state index contributed by atoms with van der Waals surface area (Å²) in [6.07, 6.45) is 0.154. The molecule has 10 heteroatoms. The van der Waals surface area contributed by atoms with Crippen LogP contribution in [0.2, 0.25) is 0 Å². The minimum absolute atomic E-state index is 0.00342. The number of amides is 1. The summed E-state index contributed by atoms with van der Waals surface area (Å²) in [6.45, 7) is 2.19. The standard InChI is InChI=1S/C24H28N2O7S/c1-16-13-18(10-11-20(16)31-2)34(29,30)25-12-6-7-17(14-25)23(27)26-15-22(24(28)32-3)33-21-9-5-4-8-19(21)26/h4-5,8-11,13,17,22H,6-7,12,14-15H2,1-3H3. The number of aryl methyl sites for hydroxylation is 1. The molecule has 2 unspecified atom stereocenters. The molecule has 2 aromatic rings. The minimum Gasteiger partial charge on any atom is -0.496 e. The van der Waals surface area contributed by atoms with E-state index < -0.39 is 28.0 Å². The molecular formula is C24H28N2O7S. The molecule has 1 fully saturated rings. The summed E-state index contributed by atoms with van der Waals surface area (Å²) in [5.74, 6) is -0.346. The van der Waals surface area contributed by atoms with Crippen molar-refractivity contribution >= 4 is 27.6 Å². The van der Waals surface area contributed by atoms with Crippen LogP contribution in [-0.4, -0.2) is 64.6 Å². The fourth-order valence-corrected chi connectivity index (χ4v) is 6.05. The summed E-state index contributed by atoms with van der Waals surface area (Å²) < 4.78 is 43.8. The van der Waals surface area contributed by atoms with Crippen molar-refractivity contribution in [3.05, 3.63) is 48.0 Å². The maximum Gasteiger partial charge on any atom is 0.348 e. The number of piperidine rings is 1. The topological polar surface area (TPSA) is 102 Å². The molecule has 2 aliphatic heterocycles. The fraction of sp³-hybridized carbons (Fsp3) is 0.417. The highest BCUT2D eigenvalue weighted by Crippen LogP contribution is 2.36. The van der Waals surface area contributed by atoms with Crippen molar-refractivity contribution in [1.82, 2.24) is 4.31 Å². The molecule has 0 spiro atoms. The molecule has 2 aromatic carbocycles. The number of anilines is 1. The lowest BCUT2D eigenvalue weighted by atomic mass is 9.97. The summed E-state index contributed by atoms with van der Waals surface area (Å²) in [5, 5.41) is 0. The van der Waals surface area contributed by atoms with E-state index in [9.17, 15) is 18.0 Å². The zero-order valence-electron chi connectivity index (χ0n) is 19.4. The molecule has 2 aliphatic rings. The molecule has 9 nitrogen and oxygen atoms in total. The van der Waals surface area contributed by atoms with Gasteiger partial charge in [0.05, 0.1) is 37.3 Å². The third kappa shape index (κ3) is 4.47. The van der Waals surface area contributed by atoms with Gasteiger partial charge in [0.2, 0.25) is 22.0 Å².